The molecule has 0 aliphatic carbocycles. The minimum atomic E-state index is 0.0428. The highest BCUT2D eigenvalue weighted by atomic mass is 16.5. The number of methoxy groups -OCH3 is 1. The summed E-state index contributed by atoms with van der Waals surface area (Å²) in [5.74, 6) is 0.452. The molecule has 1 unspecified atom stereocenters. The van der Waals surface area contributed by atoms with Crippen molar-refractivity contribution in [3.05, 3.63) is 0 Å². The van der Waals surface area contributed by atoms with E-state index in [-0.39, 0.29) is 11.8 Å². The van der Waals surface area contributed by atoms with Gasteiger partial charge in [0.25, 0.3) is 0 Å². The van der Waals surface area contributed by atoms with Gasteiger partial charge in [0.1, 0.15) is 5.78 Å². The lowest BCUT2D eigenvalue weighted by atomic mass is 9.93. The second-order valence-corrected chi connectivity index (χ2v) is 4.61. The Kier molecular flexibility index (Phi) is 7.61. The molecular weight excluding hydrogens is 190 g/mol. The van der Waals surface area contributed by atoms with E-state index in [1.807, 2.05) is 13.8 Å². The van der Waals surface area contributed by atoms with Crippen LogP contribution in [0.4, 0.5) is 0 Å². The minimum Gasteiger partial charge on any atom is -0.384 e. The predicted molar refractivity (Wildman–Crippen MR) is 63.0 cm³/mol. The van der Waals surface area contributed by atoms with Crippen LogP contribution in [0.5, 0.6) is 0 Å². The summed E-state index contributed by atoms with van der Waals surface area (Å²) < 4.78 is 5.08. The second kappa shape index (κ2) is 7.83. The van der Waals surface area contributed by atoms with Gasteiger partial charge in [0.15, 0.2) is 0 Å². The van der Waals surface area contributed by atoms with E-state index in [0.29, 0.717) is 18.4 Å². The maximum Gasteiger partial charge on any atom is 0.140 e. The Morgan fingerprint density at radius 1 is 1.27 bits per heavy atom. The first kappa shape index (κ1) is 14.6. The van der Waals surface area contributed by atoms with Crippen molar-refractivity contribution in [3.63, 3.8) is 0 Å². The van der Waals surface area contributed by atoms with Crippen LogP contribution in [0.2, 0.25) is 0 Å². The number of carbonyl (C=O) groups excluding carboxylic acids is 1. The maximum atomic E-state index is 11.8. The standard InChI is InChI=1S/C12H25NO2/c1-9(2)12(14)11(8-15-5)6-7-13-10(3)4/h9-11,13H,6-8H2,1-5H3. The molecule has 0 aliphatic rings. The predicted octanol–water partition coefficient (Wildman–Crippen LogP) is 1.86. The zero-order valence-corrected chi connectivity index (χ0v) is 10.7. The molecular formula is C12H25NO2. The van der Waals surface area contributed by atoms with Gasteiger partial charge in [-0.05, 0) is 13.0 Å². The van der Waals surface area contributed by atoms with Gasteiger partial charge in [0, 0.05) is 25.0 Å². The quantitative estimate of drug-likeness (QED) is 0.671. The molecule has 0 spiro atoms. The summed E-state index contributed by atoms with van der Waals surface area (Å²) in [5, 5.41) is 3.32. The largest absolute Gasteiger partial charge is 0.384 e. The average molecular weight is 215 g/mol. The Balaban J connectivity index is 3.98. The number of ether oxygens (including phenoxy) is 1. The van der Waals surface area contributed by atoms with E-state index in [1.54, 1.807) is 7.11 Å². The van der Waals surface area contributed by atoms with E-state index in [0.717, 1.165) is 13.0 Å². The van der Waals surface area contributed by atoms with E-state index < -0.39 is 0 Å². The number of ketones is 1. The molecule has 90 valence electrons. The van der Waals surface area contributed by atoms with Crippen molar-refractivity contribution in [2.75, 3.05) is 20.3 Å². The monoisotopic (exact) mass is 215 g/mol. The number of rotatable bonds is 8. The summed E-state index contributed by atoms with van der Waals surface area (Å²) in [6, 6.07) is 0.474. The fourth-order valence-electron chi connectivity index (χ4n) is 1.53. The molecule has 0 aromatic rings. The number of hydrogen-bond donors (Lipinski definition) is 1. The zero-order chi connectivity index (χ0) is 11.8. The van der Waals surface area contributed by atoms with Crippen LogP contribution in [0.25, 0.3) is 0 Å². The lowest BCUT2D eigenvalue weighted by molar-refractivity contribution is -0.127. The lowest BCUT2D eigenvalue weighted by Gasteiger charge is -2.18. The first-order valence-corrected chi connectivity index (χ1v) is 5.75. The van der Waals surface area contributed by atoms with Crippen LogP contribution in [0.15, 0.2) is 0 Å². The molecule has 3 nitrogen and oxygen atoms in total. The normalized spacial score (nSPS) is 13.5. The first-order valence-electron chi connectivity index (χ1n) is 5.75. The van der Waals surface area contributed by atoms with Crippen LogP contribution < -0.4 is 5.32 Å². The SMILES string of the molecule is COCC(CCNC(C)C)C(=O)C(C)C. The fourth-order valence-corrected chi connectivity index (χ4v) is 1.53. The summed E-state index contributed by atoms with van der Waals surface area (Å²) in [5.41, 5.74) is 0. The van der Waals surface area contributed by atoms with E-state index in [4.69, 9.17) is 4.74 Å². The van der Waals surface area contributed by atoms with Gasteiger partial charge in [0.2, 0.25) is 0 Å². The summed E-state index contributed by atoms with van der Waals surface area (Å²) in [6.07, 6.45) is 0.864. The molecule has 1 atom stereocenters. The zero-order valence-electron chi connectivity index (χ0n) is 10.7. The van der Waals surface area contributed by atoms with Crippen molar-refractivity contribution in [1.29, 1.82) is 0 Å². The van der Waals surface area contributed by atoms with Gasteiger partial charge >= 0.3 is 0 Å². The van der Waals surface area contributed by atoms with Gasteiger partial charge in [-0.2, -0.15) is 0 Å². The van der Waals surface area contributed by atoms with Crippen LogP contribution >= 0.6 is 0 Å². The molecule has 0 aliphatic heterocycles. The van der Waals surface area contributed by atoms with Gasteiger partial charge < -0.3 is 10.1 Å². The molecule has 3 heteroatoms. The summed E-state index contributed by atoms with van der Waals surface area (Å²) >= 11 is 0. The third-order valence-electron chi connectivity index (χ3n) is 2.38. The van der Waals surface area contributed by atoms with Crippen LogP contribution in [-0.4, -0.2) is 32.1 Å². The lowest BCUT2D eigenvalue weighted by Crippen LogP contribution is -2.30. The van der Waals surface area contributed by atoms with Crippen molar-refractivity contribution < 1.29 is 9.53 Å². The van der Waals surface area contributed by atoms with Gasteiger partial charge in [-0.3, -0.25) is 4.79 Å². The van der Waals surface area contributed by atoms with Crippen LogP contribution in [0.1, 0.15) is 34.1 Å². The fraction of sp³-hybridized carbons (Fsp3) is 0.917. The van der Waals surface area contributed by atoms with Gasteiger partial charge in [0.05, 0.1) is 6.61 Å². The van der Waals surface area contributed by atoms with Crippen LogP contribution in [-0.2, 0) is 9.53 Å². The van der Waals surface area contributed by atoms with Gasteiger partial charge in [-0.15, -0.1) is 0 Å². The third kappa shape index (κ3) is 6.63. The van der Waals surface area contributed by atoms with Gasteiger partial charge in [-0.1, -0.05) is 27.7 Å². The van der Waals surface area contributed by atoms with Crippen LogP contribution in [0, 0.1) is 11.8 Å². The molecule has 0 heterocycles. The summed E-state index contributed by atoms with van der Waals surface area (Å²) in [4.78, 5) is 11.8. The van der Waals surface area contributed by atoms with Crippen LogP contribution in [0.3, 0.4) is 0 Å². The Bertz CT molecular complexity index is 178. The molecule has 0 radical (unpaired) electrons. The molecule has 0 aromatic carbocycles. The van der Waals surface area contributed by atoms with Crippen molar-refractivity contribution >= 4 is 5.78 Å². The smallest absolute Gasteiger partial charge is 0.140 e. The molecule has 0 saturated carbocycles. The van der Waals surface area contributed by atoms with E-state index in [2.05, 4.69) is 19.2 Å². The number of carbonyl (C=O) groups is 1. The number of nitrogens with one attached hydrogen (secondary N) is 1. The maximum absolute atomic E-state index is 11.8. The van der Waals surface area contributed by atoms with E-state index >= 15 is 0 Å². The topological polar surface area (TPSA) is 38.3 Å². The minimum absolute atomic E-state index is 0.0428. The average Bonchev–Trinajstić information content (AvgIpc) is 2.14. The molecule has 0 amide bonds. The second-order valence-electron chi connectivity index (χ2n) is 4.61. The Labute approximate surface area is 93.6 Å². The number of hydrogen-bond acceptors (Lipinski definition) is 3. The summed E-state index contributed by atoms with van der Waals surface area (Å²) in [6.45, 7) is 9.52. The molecule has 1 N–H and O–H groups in total. The molecule has 0 aromatic heterocycles. The van der Waals surface area contributed by atoms with Crippen molar-refractivity contribution in [1.82, 2.24) is 5.32 Å². The Morgan fingerprint density at radius 2 is 1.87 bits per heavy atom. The highest BCUT2D eigenvalue weighted by Gasteiger charge is 2.20. The molecule has 15 heavy (non-hydrogen) atoms. The molecule has 0 saturated heterocycles. The number of Topliss-reactive ketones (excluding diaryl/α,β-unsaturated/α-hetero) is 1. The molecule has 0 bridgehead atoms. The van der Waals surface area contributed by atoms with E-state index in [9.17, 15) is 4.79 Å². The highest BCUT2D eigenvalue weighted by Crippen LogP contribution is 2.11. The van der Waals surface area contributed by atoms with Crippen molar-refractivity contribution in [2.24, 2.45) is 11.8 Å². The van der Waals surface area contributed by atoms with Gasteiger partial charge in [-0.25, -0.2) is 0 Å². The van der Waals surface area contributed by atoms with E-state index in [1.165, 1.54) is 0 Å². The highest BCUT2D eigenvalue weighted by molar-refractivity contribution is 5.82. The van der Waals surface area contributed by atoms with Crippen molar-refractivity contribution in [3.8, 4) is 0 Å². The summed E-state index contributed by atoms with van der Waals surface area (Å²) in [7, 11) is 1.65. The van der Waals surface area contributed by atoms with Crippen molar-refractivity contribution in [2.45, 2.75) is 40.2 Å². The molecule has 0 fully saturated rings. The third-order valence-corrected chi connectivity index (χ3v) is 2.38. The Morgan fingerprint density at radius 3 is 2.27 bits per heavy atom. The first-order chi connectivity index (χ1) is 6.99. The molecule has 0 rings (SSSR count). The Hall–Kier alpha value is -0.410.